The largest absolute Gasteiger partial charge is 0.381 e. The van der Waals surface area contributed by atoms with Crippen LogP contribution in [0.25, 0.3) is 0 Å². The van der Waals surface area contributed by atoms with E-state index >= 15 is 0 Å². The molecule has 2 rings (SSSR count). The number of benzene rings is 1. The van der Waals surface area contributed by atoms with Crippen LogP contribution in [0.15, 0.2) is 18.2 Å². The van der Waals surface area contributed by atoms with Gasteiger partial charge in [0, 0.05) is 37.7 Å². The minimum absolute atomic E-state index is 0.158. The minimum atomic E-state index is -0.404. The van der Waals surface area contributed by atoms with E-state index in [-0.39, 0.29) is 11.9 Å². The van der Waals surface area contributed by atoms with Gasteiger partial charge in [0.25, 0.3) is 0 Å². The van der Waals surface area contributed by atoms with Crippen LogP contribution in [0.2, 0.25) is 5.02 Å². The van der Waals surface area contributed by atoms with Crippen molar-refractivity contribution in [2.75, 3.05) is 26.9 Å². The van der Waals surface area contributed by atoms with Crippen LogP contribution in [0.4, 0.5) is 4.39 Å². The molecule has 1 heterocycles. The van der Waals surface area contributed by atoms with Crippen molar-refractivity contribution >= 4 is 11.6 Å². The summed E-state index contributed by atoms with van der Waals surface area (Å²) in [7, 11) is 1.85. The Balaban J connectivity index is 2.39. The summed E-state index contributed by atoms with van der Waals surface area (Å²) in [6.07, 6.45) is 1.53. The van der Waals surface area contributed by atoms with Gasteiger partial charge in [0.15, 0.2) is 0 Å². The molecular weight excluding hydrogens is 281 g/mol. The molecule has 0 bridgehead atoms. The SMILES string of the molecule is CCOC1(C(NC)c2cc(F)ccc2Cl)CCOCC1. The summed E-state index contributed by atoms with van der Waals surface area (Å²) in [5, 5.41) is 3.80. The lowest BCUT2D eigenvalue weighted by Crippen LogP contribution is -2.49. The van der Waals surface area contributed by atoms with Crippen molar-refractivity contribution in [3.05, 3.63) is 34.6 Å². The molecule has 1 N–H and O–H groups in total. The van der Waals surface area contributed by atoms with E-state index in [0.29, 0.717) is 24.8 Å². The fourth-order valence-electron chi connectivity index (χ4n) is 2.96. The van der Waals surface area contributed by atoms with Crippen molar-refractivity contribution in [1.29, 1.82) is 0 Å². The molecule has 0 spiro atoms. The van der Waals surface area contributed by atoms with Gasteiger partial charge >= 0.3 is 0 Å². The van der Waals surface area contributed by atoms with Crippen LogP contribution in [-0.2, 0) is 9.47 Å². The zero-order valence-corrected chi connectivity index (χ0v) is 12.7. The first-order valence-corrected chi connectivity index (χ1v) is 7.34. The van der Waals surface area contributed by atoms with Gasteiger partial charge in [0.2, 0.25) is 0 Å². The molecule has 1 saturated heterocycles. The van der Waals surface area contributed by atoms with Crippen molar-refractivity contribution in [2.45, 2.75) is 31.4 Å². The first-order valence-electron chi connectivity index (χ1n) is 6.97. The van der Waals surface area contributed by atoms with Gasteiger partial charge in [-0.15, -0.1) is 0 Å². The molecule has 0 aromatic heterocycles. The van der Waals surface area contributed by atoms with Crippen LogP contribution in [0.3, 0.4) is 0 Å². The third-order valence-electron chi connectivity index (χ3n) is 3.85. The lowest BCUT2D eigenvalue weighted by atomic mass is 9.82. The Morgan fingerprint density at radius 3 is 2.75 bits per heavy atom. The van der Waals surface area contributed by atoms with Gasteiger partial charge in [-0.2, -0.15) is 0 Å². The number of hydrogen-bond donors (Lipinski definition) is 1. The monoisotopic (exact) mass is 301 g/mol. The Hall–Kier alpha value is -0.680. The first-order chi connectivity index (χ1) is 9.63. The second-order valence-corrected chi connectivity index (χ2v) is 5.40. The van der Waals surface area contributed by atoms with Gasteiger partial charge in [-0.1, -0.05) is 11.6 Å². The Morgan fingerprint density at radius 1 is 1.45 bits per heavy atom. The molecule has 1 aromatic carbocycles. The maximum atomic E-state index is 13.6. The van der Waals surface area contributed by atoms with E-state index in [2.05, 4.69) is 5.32 Å². The summed E-state index contributed by atoms with van der Waals surface area (Å²) in [6.45, 7) is 3.86. The van der Waals surface area contributed by atoms with Crippen LogP contribution in [0.5, 0.6) is 0 Å². The maximum absolute atomic E-state index is 13.6. The van der Waals surface area contributed by atoms with E-state index in [1.54, 1.807) is 6.07 Å². The van der Waals surface area contributed by atoms with Crippen molar-refractivity contribution in [3.8, 4) is 0 Å². The van der Waals surface area contributed by atoms with Crippen molar-refractivity contribution in [2.24, 2.45) is 0 Å². The van der Waals surface area contributed by atoms with E-state index in [1.165, 1.54) is 12.1 Å². The second-order valence-electron chi connectivity index (χ2n) is 5.00. The van der Waals surface area contributed by atoms with Crippen molar-refractivity contribution < 1.29 is 13.9 Å². The number of likely N-dealkylation sites (N-methyl/N-ethyl adjacent to an activating group) is 1. The van der Waals surface area contributed by atoms with E-state index < -0.39 is 5.60 Å². The number of halogens is 2. The van der Waals surface area contributed by atoms with Gasteiger partial charge in [-0.3, -0.25) is 0 Å². The van der Waals surface area contributed by atoms with Crippen molar-refractivity contribution in [1.82, 2.24) is 5.32 Å². The van der Waals surface area contributed by atoms with Crippen molar-refractivity contribution in [3.63, 3.8) is 0 Å². The molecule has 5 heteroatoms. The Bertz CT molecular complexity index is 444. The molecule has 1 fully saturated rings. The van der Waals surface area contributed by atoms with Crippen LogP contribution >= 0.6 is 11.6 Å². The molecule has 3 nitrogen and oxygen atoms in total. The normalized spacial score (nSPS) is 19.8. The molecule has 1 unspecified atom stereocenters. The summed E-state index contributed by atoms with van der Waals surface area (Å²) < 4.78 is 25.1. The first kappa shape index (κ1) is 15.7. The highest BCUT2D eigenvalue weighted by atomic mass is 35.5. The highest BCUT2D eigenvalue weighted by Crippen LogP contribution is 2.40. The Kier molecular flexibility index (Phi) is 5.38. The van der Waals surface area contributed by atoms with Crippen LogP contribution < -0.4 is 5.32 Å². The molecule has 0 amide bonds. The quantitative estimate of drug-likeness (QED) is 0.905. The van der Waals surface area contributed by atoms with Gasteiger partial charge in [0.05, 0.1) is 11.6 Å². The average Bonchev–Trinajstić information content (AvgIpc) is 2.45. The number of rotatable bonds is 5. The van der Waals surface area contributed by atoms with E-state index in [4.69, 9.17) is 21.1 Å². The molecule has 1 atom stereocenters. The fourth-order valence-corrected chi connectivity index (χ4v) is 3.19. The third-order valence-corrected chi connectivity index (χ3v) is 4.20. The summed E-state index contributed by atoms with van der Waals surface area (Å²) in [6, 6.07) is 4.29. The highest BCUT2D eigenvalue weighted by Gasteiger charge is 2.42. The van der Waals surface area contributed by atoms with Gasteiger partial charge in [-0.25, -0.2) is 4.39 Å². The molecule has 0 radical (unpaired) electrons. The molecule has 0 aliphatic carbocycles. The zero-order chi connectivity index (χ0) is 14.6. The second kappa shape index (κ2) is 6.85. The molecular formula is C15H21ClFNO2. The molecule has 1 aromatic rings. The van der Waals surface area contributed by atoms with Gasteiger partial charge in [0.1, 0.15) is 5.82 Å². The third kappa shape index (κ3) is 3.14. The topological polar surface area (TPSA) is 30.5 Å². The van der Waals surface area contributed by atoms with E-state index in [0.717, 1.165) is 18.4 Å². The molecule has 1 aliphatic rings. The number of hydrogen-bond acceptors (Lipinski definition) is 3. The highest BCUT2D eigenvalue weighted by molar-refractivity contribution is 6.31. The number of ether oxygens (including phenoxy) is 2. The Labute approximate surface area is 124 Å². The van der Waals surface area contributed by atoms with Crippen LogP contribution in [0.1, 0.15) is 31.4 Å². The van der Waals surface area contributed by atoms with Gasteiger partial charge < -0.3 is 14.8 Å². The van der Waals surface area contributed by atoms with E-state index in [1.807, 2.05) is 14.0 Å². The summed E-state index contributed by atoms with van der Waals surface area (Å²) in [5.74, 6) is -0.289. The average molecular weight is 302 g/mol. The predicted molar refractivity (Wildman–Crippen MR) is 77.6 cm³/mol. The maximum Gasteiger partial charge on any atom is 0.123 e. The molecule has 1 aliphatic heterocycles. The molecule has 0 saturated carbocycles. The zero-order valence-electron chi connectivity index (χ0n) is 11.9. The standard InChI is InChI=1S/C15H21ClFNO2/c1-3-20-15(6-8-19-9-7-15)14(18-2)12-10-11(17)4-5-13(12)16/h4-5,10,14,18H,3,6-9H2,1-2H3. The molecule has 112 valence electrons. The minimum Gasteiger partial charge on any atom is -0.381 e. The smallest absolute Gasteiger partial charge is 0.123 e. The van der Waals surface area contributed by atoms with Gasteiger partial charge in [-0.05, 0) is 37.7 Å². The van der Waals surface area contributed by atoms with E-state index in [9.17, 15) is 4.39 Å². The predicted octanol–water partition coefficient (Wildman–Crippen LogP) is 3.33. The summed E-state index contributed by atoms with van der Waals surface area (Å²) in [4.78, 5) is 0. The lowest BCUT2D eigenvalue weighted by Gasteiger charge is -2.43. The number of nitrogens with one attached hydrogen (secondary N) is 1. The van der Waals surface area contributed by atoms with Crippen LogP contribution in [-0.4, -0.2) is 32.5 Å². The van der Waals surface area contributed by atoms with Crippen LogP contribution in [0, 0.1) is 5.82 Å². The molecule has 20 heavy (non-hydrogen) atoms. The summed E-state index contributed by atoms with van der Waals surface area (Å²) in [5.41, 5.74) is 0.337. The summed E-state index contributed by atoms with van der Waals surface area (Å²) >= 11 is 6.26. The fraction of sp³-hybridized carbons (Fsp3) is 0.600. The lowest BCUT2D eigenvalue weighted by molar-refractivity contribution is -0.127. The Morgan fingerprint density at radius 2 is 2.15 bits per heavy atom.